The first-order valence-corrected chi connectivity index (χ1v) is 9.37. The Morgan fingerprint density at radius 1 is 1.46 bits per heavy atom. The molecule has 2 heterocycles. The molecule has 1 aromatic rings. The van der Waals surface area contributed by atoms with Crippen LogP contribution in [0.3, 0.4) is 0 Å². The van der Waals surface area contributed by atoms with E-state index >= 15 is 0 Å². The maximum Gasteiger partial charge on any atom is 0.223 e. The summed E-state index contributed by atoms with van der Waals surface area (Å²) in [5.74, 6) is 1.28. The minimum absolute atomic E-state index is 0.122. The first-order chi connectivity index (χ1) is 11.6. The predicted molar refractivity (Wildman–Crippen MR) is 96.1 cm³/mol. The molecule has 0 radical (unpaired) electrons. The molecule has 4 nitrogen and oxygen atoms in total. The highest BCUT2D eigenvalue weighted by atomic mass is 35.5. The number of piperidine rings is 1. The maximum absolute atomic E-state index is 12.7. The zero-order valence-electron chi connectivity index (χ0n) is 14.3. The highest BCUT2D eigenvalue weighted by molar-refractivity contribution is 6.31. The van der Waals surface area contributed by atoms with E-state index in [1.807, 2.05) is 29.2 Å². The third-order valence-electron chi connectivity index (χ3n) is 5.31. The fraction of sp³-hybridized carbons (Fsp3) is 0.632. The second-order valence-corrected chi connectivity index (χ2v) is 7.42. The number of rotatable bonds is 4. The van der Waals surface area contributed by atoms with E-state index in [4.69, 9.17) is 16.3 Å². The van der Waals surface area contributed by atoms with Gasteiger partial charge in [0.1, 0.15) is 6.10 Å². The van der Waals surface area contributed by atoms with Gasteiger partial charge in [-0.15, -0.1) is 0 Å². The summed E-state index contributed by atoms with van der Waals surface area (Å²) in [6.07, 6.45) is 2.95. The lowest BCUT2D eigenvalue weighted by Crippen LogP contribution is -2.43. The molecule has 3 unspecified atom stereocenters. The molecule has 2 saturated heterocycles. The predicted octanol–water partition coefficient (Wildman–Crippen LogP) is 3.27. The Balaban J connectivity index is 1.57. The van der Waals surface area contributed by atoms with Gasteiger partial charge in [0.25, 0.3) is 0 Å². The Hall–Kier alpha value is -1.10. The molecule has 2 aliphatic heterocycles. The maximum atomic E-state index is 12.7. The van der Waals surface area contributed by atoms with Gasteiger partial charge in [-0.3, -0.25) is 4.79 Å². The number of halogens is 1. The molecule has 3 rings (SSSR count). The Morgan fingerprint density at radius 3 is 3.04 bits per heavy atom. The van der Waals surface area contributed by atoms with Crippen LogP contribution in [0.2, 0.25) is 5.02 Å². The lowest BCUT2D eigenvalue weighted by molar-refractivity contribution is -0.140. The van der Waals surface area contributed by atoms with Crippen LogP contribution < -0.4 is 5.32 Å². The van der Waals surface area contributed by atoms with Crippen molar-refractivity contribution in [3.63, 3.8) is 0 Å². The zero-order chi connectivity index (χ0) is 16.9. The molecule has 0 bridgehead atoms. The van der Waals surface area contributed by atoms with E-state index in [1.54, 1.807) is 0 Å². The van der Waals surface area contributed by atoms with Gasteiger partial charge in [-0.25, -0.2) is 0 Å². The minimum Gasteiger partial charge on any atom is -0.370 e. The summed E-state index contributed by atoms with van der Waals surface area (Å²) in [4.78, 5) is 14.7. The van der Waals surface area contributed by atoms with Crippen LogP contribution >= 0.6 is 11.6 Å². The first-order valence-electron chi connectivity index (χ1n) is 8.99. The van der Waals surface area contributed by atoms with Gasteiger partial charge in [0, 0.05) is 23.6 Å². The van der Waals surface area contributed by atoms with Gasteiger partial charge in [-0.1, -0.05) is 36.7 Å². The summed E-state index contributed by atoms with van der Waals surface area (Å²) in [5, 5.41) is 4.15. The molecular formula is C19H27ClN2O2. The van der Waals surface area contributed by atoms with Crippen molar-refractivity contribution < 1.29 is 9.53 Å². The van der Waals surface area contributed by atoms with Gasteiger partial charge in [0.05, 0.1) is 13.2 Å². The summed E-state index contributed by atoms with van der Waals surface area (Å²) in [6, 6.07) is 7.73. The molecule has 0 saturated carbocycles. The summed E-state index contributed by atoms with van der Waals surface area (Å²) >= 11 is 6.28. The Morgan fingerprint density at radius 2 is 2.29 bits per heavy atom. The molecule has 3 atom stereocenters. The molecule has 0 spiro atoms. The number of amides is 1. The standard InChI is InChI=1S/C19H27ClN2O2/c1-14(15-5-4-8-21-12-15)11-19(23)22-9-10-24-18(13-22)16-6-2-3-7-17(16)20/h2-3,6-7,14-15,18,21H,4-5,8-13H2,1H3. The van der Waals surface area contributed by atoms with Crippen LogP contribution in [0, 0.1) is 11.8 Å². The van der Waals surface area contributed by atoms with E-state index in [-0.39, 0.29) is 12.0 Å². The van der Waals surface area contributed by atoms with Gasteiger partial charge in [0.2, 0.25) is 5.91 Å². The van der Waals surface area contributed by atoms with Gasteiger partial charge >= 0.3 is 0 Å². The van der Waals surface area contributed by atoms with E-state index in [0.29, 0.717) is 43.0 Å². The smallest absolute Gasteiger partial charge is 0.223 e. The molecule has 24 heavy (non-hydrogen) atoms. The topological polar surface area (TPSA) is 41.6 Å². The van der Waals surface area contributed by atoms with Crippen molar-refractivity contribution in [2.45, 2.75) is 32.3 Å². The molecule has 132 valence electrons. The van der Waals surface area contributed by atoms with Crippen molar-refractivity contribution >= 4 is 17.5 Å². The van der Waals surface area contributed by atoms with Crippen LogP contribution in [-0.4, -0.2) is 43.6 Å². The average Bonchev–Trinajstić information content (AvgIpc) is 2.63. The third kappa shape index (κ3) is 4.29. The fourth-order valence-electron chi connectivity index (χ4n) is 3.74. The number of benzene rings is 1. The summed E-state index contributed by atoms with van der Waals surface area (Å²) < 4.78 is 5.86. The van der Waals surface area contributed by atoms with E-state index in [2.05, 4.69) is 12.2 Å². The second kappa shape index (κ2) is 8.32. The normalized spacial score (nSPS) is 26.2. The molecule has 1 amide bonds. The number of nitrogens with one attached hydrogen (secondary N) is 1. The molecule has 1 aromatic carbocycles. The van der Waals surface area contributed by atoms with Crippen molar-refractivity contribution in [1.82, 2.24) is 10.2 Å². The number of hydrogen-bond acceptors (Lipinski definition) is 3. The van der Waals surface area contributed by atoms with Crippen LogP contribution in [-0.2, 0) is 9.53 Å². The van der Waals surface area contributed by atoms with Crippen LogP contribution in [0.1, 0.15) is 37.9 Å². The van der Waals surface area contributed by atoms with E-state index in [0.717, 1.165) is 18.7 Å². The number of hydrogen-bond donors (Lipinski definition) is 1. The SMILES string of the molecule is CC(CC(=O)N1CCOC(c2ccccc2Cl)C1)C1CCCNC1. The highest BCUT2D eigenvalue weighted by Crippen LogP contribution is 2.29. The second-order valence-electron chi connectivity index (χ2n) is 7.01. The van der Waals surface area contributed by atoms with Crippen LogP contribution in [0.25, 0.3) is 0 Å². The molecule has 0 aliphatic carbocycles. The van der Waals surface area contributed by atoms with Gasteiger partial charge < -0.3 is 15.0 Å². The van der Waals surface area contributed by atoms with Crippen LogP contribution in [0.4, 0.5) is 0 Å². The number of carbonyl (C=O) groups is 1. The molecule has 0 aromatic heterocycles. The van der Waals surface area contributed by atoms with Gasteiger partial charge in [0.15, 0.2) is 0 Å². The Kier molecular flexibility index (Phi) is 6.14. The monoisotopic (exact) mass is 350 g/mol. The lowest BCUT2D eigenvalue weighted by Gasteiger charge is -2.35. The van der Waals surface area contributed by atoms with Crippen LogP contribution in [0.15, 0.2) is 24.3 Å². The highest BCUT2D eigenvalue weighted by Gasteiger charge is 2.29. The van der Waals surface area contributed by atoms with E-state index in [1.165, 1.54) is 12.8 Å². The summed E-state index contributed by atoms with van der Waals surface area (Å²) in [5.41, 5.74) is 0.973. The quantitative estimate of drug-likeness (QED) is 0.906. The molecule has 2 aliphatic rings. The summed E-state index contributed by atoms with van der Waals surface area (Å²) in [7, 11) is 0. The van der Waals surface area contributed by atoms with E-state index in [9.17, 15) is 4.79 Å². The fourth-order valence-corrected chi connectivity index (χ4v) is 3.99. The molecule has 5 heteroatoms. The number of ether oxygens (including phenoxy) is 1. The van der Waals surface area contributed by atoms with E-state index < -0.39 is 0 Å². The molecule has 1 N–H and O–H groups in total. The first kappa shape index (κ1) is 17.7. The summed E-state index contributed by atoms with van der Waals surface area (Å²) in [6.45, 7) is 6.20. The van der Waals surface area contributed by atoms with Gasteiger partial charge in [-0.2, -0.15) is 0 Å². The minimum atomic E-state index is -0.122. The molecular weight excluding hydrogens is 324 g/mol. The Bertz CT molecular complexity index is 560. The number of morpholine rings is 1. The zero-order valence-corrected chi connectivity index (χ0v) is 15.1. The largest absolute Gasteiger partial charge is 0.370 e. The van der Waals surface area contributed by atoms with Crippen molar-refractivity contribution in [2.24, 2.45) is 11.8 Å². The third-order valence-corrected chi connectivity index (χ3v) is 5.65. The van der Waals surface area contributed by atoms with Crippen molar-refractivity contribution in [3.8, 4) is 0 Å². The average molecular weight is 351 g/mol. The molecule has 2 fully saturated rings. The lowest BCUT2D eigenvalue weighted by atomic mass is 9.85. The van der Waals surface area contributed by atoms with Gasteiger partial charge in [-0.05, 0) is 43.8 Å². The Labute approximate surface area is 149 Å². The van der Waals surface area contributed by atoms with Crippen LogP contribution in [0.5, 0.6) is 0 Å². The number of nitrogens with zero attached hydrogens (tertiary/aromatic N) is 1. The van der Waals surface area contributed by atoms with Crippen molar-refractivity contribution in [2.75, 3.05) is 32.8 Å². The number of carbonyl (C=O) groups excluding carboxylic acids is 1. The van der Waals surface area contributed by atoms with Crippen molar-refractivity contribution in [1.29, 1.82) is 0 Å². The van der Waals surface area contributed by atoms with Crippen molar-refractivity contribution in [3.05, 3.63) is 34.9 Å².